The molecule has 0 aliphatic rings. The molecule has 0 fully saturated rings. The van der Waals surface area contributed by atoms with Crippen LogP contribution < -0.4 is 11.1 Å². The minimum Gasteiger partial charge on any atom is -0.370 e. The predicted octanol–water partition coefficient (Wildman–Crippen LogP) is 4.24. The van der Waals surface area contributed by atoms with Gasteiger partial charge in [0.25, 0.3) is 0 Å². The molecule has 23 heavy (non-hydrogen) atoms. The van der Waals surface area contributed by atoms with Gasteiger partial charge in [-0.2, -0.15) is 4.37 Å². The van der Waals surface area contributed by atoms with Gasteiger partial charge in [0.15, 0.2) is 0 Å². The Morgan fingerprint density at radius 2 is 2.35 bits per heavy atom. The van der Waals surface area contributed by atoms with Gasteiger partial charge in [0.05, 0.1) is 16.8 Å². The fourth-order valence-electron chi connectivity index (χ4n) is 2.20. The zero-order chi connectivity index (χ0) is 16.4. The second-order valence-electron chi connectivity index (χ2n) is 5.21. The van der Waals surface area contributed by atoms with Gasteiger partial charge in [0, 0.05) is 22.2 Å². The molecule has 0 aliphatic heterocycles. The first kappa shape index (κ1) is 16.4. The van der Waals surface area contributed by atoms with E-state index in [2.05, 4.69) is 27.1 Å². The van der Waals surface area contributed by atoms with Crippen molar-refractivity contribution >= 4 is 49.4 Å². The molecule has 0 saturated carbocycles. The van der Waals surface area contributed by atoms with Crippen molar-refractivity contribution in [3.63, 3.8) is 0 Å². The van der Waals surface area contributed by atoms with Crippen molar-refractivity contribution in [1.29, 1.82) is 0 Å². The number of thiophene rings is 2. The number of fused-ring (bicyclic) bond motifs is 1. The smallest absolute Gasteiger partial charge is 0.127 e. The highest BCUT2D eigenvalue weighted by molar-refractivity contribution is 7.24. The van der Waals surface area contributed by atoms with Gasteiger partial charge in [-0.15, -0.1) is 29.1 Å². The highest BCUT2D eigenvalue weighted by Gasteiger charge is 2.21. The van der Waals surface area contributed by atoms with Gasteiger partial charge in [0.2, 0.25) is 0 Å². The van der Waals surface area contributed by atoms with Crippen LogP contribution >= 0.6 is 34.2 Å². The molecular weight excluding hydrogens is 349 g/mol. The maximum atomic E-state index is 13.4. The molecule has 2 atom stereocenters. The van der Waals surface area contributed by atoms with E-state index in [-0.39, 0.29) is 0 Å². The average molecular weight is 366 g/mol. The van der Waals surface area contributed by atoms with E-state index in [9.17, 15) is 4.39 Å². The summed E-state index contributed by atoms with van der Waals surface area (Å²) >= 11 is 4.68. The minimum absolute atomic E-state index is 0.438. The van der Waals surface area contributed by atoms with Crippen LogP contribution in [-0.4, -0.2) is 16.6 Å². The molecule has 2 unspecified atom stereocenters. The standard InChI is InChI=1S/C16H16FN3S3/c1-3-11-13(7-12(18)9(2)17)22-15-14(11)20-23-16(15)19-8-10-5-4-6-21-10/h1,4-6,9,12,19H,7-8,18H2,2H3. The molecule has 120 valence electrons. The summed E-state index contributed by atoms with van der Waals surface area (Å²) in [6, 6.07) is 3.57. The second-order valence-corrected chi connectivity index (χ2v) is 8.12. The third-order valence-corrected chi connectivity index (χ3v) is 6.58. The largest absolute Gasteiger partial charge is 0.370 e. The molecule has 0 amide bonds. The number of hydrogen-bond acceptors (Lipinski definition) is 6. The summed E-state index contributed by atoms with van der Waals surface area (Å²) in [7, 11) is 0. The SMILES string of the molecule is C#Cc1c(CC(N)C(C)F)sc2c(NCc3cccs3)snc12. The summed E-state index contributed by atoms with van der Waals surface area (Å²) in [5.74, 6) is 2.70. The summed E-state index contributed by atoms with van der Waals surface area (Å²) < 4.78 is 18.9. The van der Waals surface area contributed by atoms with Gasteiger partial charge in [0.1, 0.15) is 16.7 Å². The Balaban J connectivity index is 1.87. The number of terminal acetylenes is 1. The third kappa shape index (κ3) is 3.40. The Morgan fingerprint density at radius 1 is 1.52 bits per heavy atom. The maximum Gasteiger partial charge on any atom is 0.127 e. The van der Waals surface area contributed by atoms with E-state index in [4.69, 9.17) is 12.2 Å². The predicted molar refractivity (Wildman–Crippen MR) is 99.3 cm³/mol. The van der Waals surface area contributed by atoms with Crippen LogP contribution in [0.15, 0.2) is 17.5 Å². The maximum absolute atomic E-state index is 13.4. The summed E-state index contributed by atoms with van der Waals surface area (Å²) in [5, 5.41) is 6.47. The monoisotopic (exact) mass is 365 g/mol. The van der Waals surface area contributed by atoms with E-state index in [1.807, 2.05) is 6.07 Å². The van der Waals surface area contributed by atoms with Crippen LogP contribution in [0.25, 0.3) is 10.2 Å². The lowest BCUT2D eigenvalue weighted by Gasteiger charge is -2.11. The first-order valence-electron chi connectivity index (χ1n) is 7.13. The highest BCUT2D eigenvalue weighted by Crippen LogP contribution is 2.39. The molecule has 0 saturated heterocycles. The molecular formula is C16H16FN3S3. The van der Waals surface area contributed by atoms with Crippen molar-refractivity contribution in [3.8, 4) is 12.3 Å². The molecule has 0 spiro atoms. The van der Waals surface area contributed by atoms with Gasteiger partial charge >= 0.3 is 0 Å². The first-order valence-corrected chi connectivity index (χ1v) is 9.60. The number of hydrogen-bond donors (Lipinski definition) is 2. The quantitative estimate of drug-likeness (QED) is 0.643. The van der Waals surface area contributed by atoms with Crippen LogP contribution in [0.3, 0.4) is 0 Å². The van der Waals surface area contributed by atoms with Crippen molar-refractivity contribution in [2.75, 3.05) is 5.32 Å². The van der Waals surface area contributed by atoms with Crippen LogP contribution in [0.5, 0.6) is 0 Å². The highest BCUT2D eigenvalue weighted by atomic mass is 32.1. The number of nitrogens with two attached hydrogens (primary N) is 1. The molecule has 3 rings (SSSR count). The molecule has 0 radical (unpaired) electrons. The number of anilines is 1. The van der Waals surface area contributed by atoms with Crippen molar-refractivity contribution in [2.24, 2.45) is 5.73 Å². The Bertz CT molecular complexity index is 827. The summed E-state index contributed by atoms with van der Waals surface area (Å²) in [5.41, 5.74) is 7.43. The van der Waals surface area contributed by atoms with Gasteiger partial charge < -0.3 is 11.1 Å². The molecule has 3 heterocycles. The zero-order valence-electron chi connectivity index (χ0n) is 12.5. The second kappa shape index (κ2) is 6.97. The molecule has 3 N–H and O–H groups in total. The zero-order valence-corrected chi connectivity index (χ0v) is 15.0. The summed E-state index contributed by atoms with van der Waals surface area (Å²) in [4.78, 5) is 2.20. The van der Waals surface area contributed by atoms with Gasteiger partial charge in [-0.25, -0.2) is 4.39 Å². The number of nitrogens with zero attached hydrogens (tertiary/aromatic N) is 1. The molecule has 7 heteroatoms. The molecule has 0 bridgehead atoms. The van der Waals surface area contributed by atoms with Crippen LogP contribution in [0.4, 0.5) is 9.39 Å². The van der Waals surface area contributed by atoms with Gasteiger partial charge in [-0.3, -0.25) is 0 Å². The number of rotatable bonds is 6. The van der Waals surface area contributed by atoms with Crippen molar-refractivity contribution in [1.82, 2.24) is 4.37 Å². The van der Waals surface area contributed by atoms with E-state index in [0.29, 0.717) is 6.42 Å². The summed E-state index contributed by atoms with van der Waals surface area (Å²) in [6.07, 6.45) is 5.01. The minimum atomic E-state index is -1.07. The van der Waals surface area contributed by atoms with Gasteiger partial charge in [-0.1, -0.05) is 12.0 Å². The van der Waals surface area contributed by atoms with E-state index < -0.39 is 12.2 Å². The summed E-state index contributed by atoms with van der Waals surface area (Å²) in [6.45, 7) is 2.23. The van der Waals surface area contributed by atoms with Gasteiger partial charge in [-0.05, 0) is 29.9 Å². The average Bonchev–Trinajstić information content (AvgIpc) is 3.21. The number of halogens is 1. The number of aromatic nitrogens is 1. The molecule has 3 aromatic rings. The first-order chi connectivity index (χ1) is 11.1. The number of nitrogens with one attached hydrogen (secondary N) is 1. The Morgan fingerprint density at radius 3 is 3.00 bits per heavy atom. The Hall–Kier alpha value is -1.46. The van der Waals surface area contributed by atoms with Crippen LogP contribution in [-0.2, 0) is 13.0 Å². The molecule has 0 aliphatic carbocycles. The normalized spacial score (nSPS) is 13.8. The molecule has 0 aromatic carbocycles. The van der Waals surface area contributed by atoms with Crippen molar-refractivity contribution in [3.05, 3.63) is 32.8 Å². The number of alkyl halides is 1. The van der Waals surface area contributed by atoms with E-state index in [1.165, 1.54) is 23.3 Å². The van der Waals surface area contributed by atoms with Crippen molar-refractivity contribution in [2.45, 2.75) is 32.1 Å². The fourth-order valence-corrected chi connectivity index (χ4v) is 5.01. The Kier molecular flexibility index (Phi) is 4.97. The van der Waals surface area contributed by atoms with E-state index in [1.54, 1.807) is 22.7 Å². The Labute approximate surface area is 146 Å². The fraction of sp³-hybridized carbons (Fsp3) is 0.312. The molecule has 3 nitrogen and oxygen atoms in total. The lowest BCUT2D eigenvalue weighted by Crippen LogP contribution is -2.31. The van der Waals surface area contributed by atoms with E-state index >= 15 is 0 Å². The molecule has 3 aromatic heterocycles. The lowest BCUT2D eigenvalue weighted by molar-refractivity contribution is 0.305. The van der Waals surface area contributed by atoms with E-state index in [0.717, 1.165) is 32.2 Å². The lowest BCUT2D eigenvalue weighted by atomic mass is 10.1. The van der Waals surface area contributed by atoms with Crippen LogP contribution in [0.2, 0.25) is 0 Å². The van der Waals surface area contributed by atoms with Crippen molar-refractivity contribution < 1.29 is 4.39 Å². The topological polar surface area (TPSA) is 50.9 Å². The van der Waals surface area contributed by atoms with Crippen LogP contribution in [0, 0.1) is 12.3 Å². The third-order valence-electron chi connectivity index (χ3n) is 3.55. The van der Waals surface area contributed by atoms with Crippen LogP contribution in [0.1, 0.15) is 22.2 Å².